The predicted molar refractivity (Wildman–Crippen MR) is 108 cm³/mol. The van der Waals surface area contributed by atoms with Crippen LogP contribution < -0.4 is 5.32 Å². The van der Waals surface area contributed by atoms with E-state index >= 15 is 0 Å². The number of hydrogen-bond acceptors (Lipinski definition) is 8. The van der Waals surface area contributed by atoms with Gasteiger partial charge in [-0.05, 0) is 23.8 Å². The number of rotatable bonds is 5. The fraction of sp³-hybridized carbons (Fsp3) is 0.0500. The molecule has 0 saturated carbocycles. The number of hydrogen-bond donors (Lipinski definition) is 1. The summed E-state index contributed by atoms with van der Waals surface area (Å²) in [6, 6.07) is 16.0. The molecule has 0 aliphatic heterocycles. The second-order valence-corrected chi connectivity index (χ2v) is 7.05. The zero-order chi connectivity index (χ0) is 18.8. The van der Waals surface area contributed by atoms with Gasteiger partial charge in [0.1, 0.15) is 17.0 Å². The molecule has 1 aromatic carbocycles. The number of benzene rings is 1. The molecule has 0 bridgehead atoms. The van der Waals surface area contributed by atoms with Crippen molar-refractivity contribution in [2.75, 3.05) is 5.32 Å². The molecule has 4 aromatic heterocycles. The Morgan fingerprint density at radius 2 is 1.82 bits per heavy atom. The number of aromatic nitrogens is 5. The molecule has 5 rings (SSSR count). The van der Waals surface area contributed by atoms with E-state index < -0.39 is 0 Å². The normalized spacial score (nSPS) is 11.0. The fourth-order valence-electron chi connectivity index (χ4n) is 2.85. The molecule has 0 spiro atoms. The largest absolute Gasteiger partial charge is 0.360 e. The van der Waals surface area contributed by atoms with E-state index in [1.165, 1.54) is 0 Å². The molecule has 28 heavy (non-hydrogen) atoms. The molecule has 0 saturated heterocycles. The summed E-state index contributed by atoms with van der Waals surface area (Å²) in [6.45, 7) is 0.376. The van der Waals surface area contributed by atoms with Crippen molar-refractivity contribution in [3.63, 3.8) is 0 Å². The molecule has 7 nitrogen and oxygen atoms in total. The van der Waals surface area contributed by atoms with Crippen molar-refractivity contribution in [2.24, 2.45) is 0 Å². The van der Waals surface area contributed by atoms with Crippen LogP contribution in [0.3, 0.4) is 0 Å². The zero-order valence-corrected chi connectivity index (χ0v) is 15.4. The summed E-state index contributed by atoms with van der Waals surface area (Å²) in [6.07, 6.45) is 4.95. The van der Waals surface area contributed by atoms with E-state index in [-0.39, 0.29) is 0 Å². The molecule has 5 aromatic rings. The van der Waals surface area contributed by atoms with E-state index in [1.807, 2.05) is 30.3 Å². The second kappa shape index (κ2) is 7.16. The van der Waals surface area contributed by atoms with Crippen LogP contribution in [-0.4, -0.2) is 25.1 Å². The second-order valence-electron chi connectivity index (χ2n) is 6.02. The smallest absolute Gasteiger partial charge is 0.246 e. The van der Waals surface area contributed by atoms with Gasteiger partial charge in [-0.2, -0.15) is 4.98 Å². The third-order valence-corrected chi connectivity index (χ3v) is 5.29. The van der Waals surface area contributed by atoms with Crippen LogP contribution in [0.15, 0.2) is 71.8 Å². The van der Waals surface area contributed by atoms with E-state index in [9.17, 15) is 0 Å². The zero-order valence-electron chi connectivity index (χ0n) is 14.6. The van der Waals surface area contributed by atoms with Gasteiger partial charge in [0.2, 0.25) is 11.7 Å². The minimum atomic E-state index is 0.376. The standard InChI is InChI=1S/C20H14N6OS/c1-2-4-13(5-3-1)16-10-15-19(23-12-24-20(15)28-16)22-11-17-25-18(26-27-17)14-6-8-21-9-7-14/h1-10,12H,11H2,(H,22,23,24). The van der Waals surface area contributed by atoms with Crippen molar-refractivity contribution in [1.29, 1.82) is 0 Å². The molecule has 0 aliphatic rings. The third-order valence-electron chi connectivity index (χ3n) is 4.20. The molecule has 0 unspecified atom stereocenters. The van der Waals surface area contributed by atoms with Gasteiger partial charge in [-0.3, -0.25) is 4.98 Å². The van der Waals surface area contributed by atoms with Crippen molar-refractivity contribution in [3.05, 3.63) is 73.1 Å². The highest BCUT2D eigenvalue weighted by Crippen LogP contribution is 2.34. The molecule has 1 N–H and O–H groups in total. The van der Waals surface area contributed by atoms with Crippen LogP contribution in [0.1, 0.15) is 5.89 Å². The maximum absolute atomic E-state index is 5.34. The van der Waals surface area contributed by atoms with Crippen LogP contribution in [0.5, 0.6) is 0 Å². The van der Waals surface area contributed by atoms with Crippen LogP contribution >= 0.6 is 11.3 Å². The third kappa shape index (κ3) is 3.21. The average Bonchev–Trinajstić information content (AvgIpc) is 3.41. The summed E-state index contributed by atoms with van der Waals surface area (Å²) >= 11 is 1.64. The van der Waals surface area contributed by atoms with E-state index in [0.717, 1.165) is 32.0 Å². The Morgan fingerprint density at radius 3 is 2.68 bits per heavy atom. The van der Waals surface area contributed by atoms with Gasteiger partial charge in [-0.1, -0.05) is 35.5 Å². The Balaban J connectivity index is 1.39. The molecule has 0 aliphatic carbocycles. The summed E-state index contributed by atoms with van der Waals surface area (Å²) in [5, 5.41) is 8.27. The van der Waals surface area contributed by atoms with Crippen LogP contribution in [0.25, 0.3) is 32.0 Å². The highest BCUT2D eigenvalue weighted by atomic mass is 32.1. The van der Waals surface area contributed by atoms with Gasteiger partial charge >= 0.3 is 0 Å². The molecule has 136 valence electrons. The summed E-state index contributed by atoms with van der Waals surface area (Å²) in [5.41, 5.74) is 2.02. The Kier molecular flexibility index (Phi) is 4.23. The first-order valence-corrected chi connectivity index (χ1v) is 9.45. The van der Waals surface area contributed by atoms with Gasteiger partial charge in [0.25, 0.3) is 0 Å². The maximum atomic E-state index is 5.34. The minimum Gasteiger partial charge on any atom is -0.360 e. The molecule has 0 radical (unpaired) electrons. The number of nitrogens with one attached hydrogen (secondary N) is 1. The molecule has 8 heteroatoms. The summed E-state index contributed by atoms with van der Waals surface area (Å²) in [4.78, 5) is 19.3. The summed E-state index contributed by atoms with van der Waals surface area (Å²) < 4.78 is 5.34. The van der Waals surface area contributed by atoms with Gasteiger partial charge in [-0.15, -0.1) is 11.3 Å². The first-order chi connectivity index (χ1) is 13.9. The van der Waals surface area contributed by atoms with E-state index in [0.29, 0.717) is 18.3 Å². The van der Waals surface area contributed by atoms with Gasteiger partial charge in [0.15, 0.2) is 0 Å². The number of thiophene rings is 1. The van der Waals surface area contributed by atoms with Crippen molar-refractivity contribution in [3.8, 4) is 21.8 Å². The molecule has 4 heterocycles. The number of fused-ring (bicyclic) bond motifs is 1. The first-order valence-electron chi connectivity index (χ1n) is 8.63. The van der Waals surface area contributed by atoms with Gasteiger partial charge < -0.3 is 9.84 Å². The van der Waals surface area contributed by atoms with E-state index in [1.54, 1.807) is 30.1 Å². The average molecular weight is 386 g/mol. The number of anilines is 1. The van der Waals surface area contributed by atoms with Gasteiger partial charge in [0, 0.05) is 22.8 Å². The summed E-state index contributed by atoms with van der Waals surface area (Å²) in [7, 11) is 0. The Labute approximate surface area is 164 Å². The molecule has 0 fully saturated rings. The van der Waals surface area contributed by atoms with E-state index in [4.69, 9.17) is 4.52 Å². The molecule has 0 amide bonds. The topological polar surface area (TPSA) is 89.6 Å². The van der Waals surface area contributed by atoms with Crippen molar-refractivity contribution in [1.82, 2.24) is 25.1 Å². The van der Waals surface area contributed by atoms with Crippen LogP contribution in [-0.2, 0) is 6.54 Å². The van der Waals surface area contributed by atoms with Crippen molar-refractivity contribution in [2.45, 2.75) is 6.54 Å². The maximum Gasteiger partial charge on any atom is 0.246 e. The Bertz CT molecular complexity index is 1220. The molecular weight excluding hydrogens is 372 g/mol. The van der Waals surface area contributed by atoms with Crippen LogP contribution in [0.2, 0.25) is 0 Å². The Hall–Kier alpha value is -3.65. The monoisotopic (exact) mass is 386 g/mol. The van der Waals surface area contributed by atoms with Crippen molar-refractivity contribution < 1.29 is 4.52 Å². The van der Waals surface area contributed by atoms with Gasteiger partial charge in [-0.25, -0.2) is 9.97 Å². The van der Waals surface area contributed by atoms with Crippen molar-refractivity contribution >= 4 is 27.4 Å². The number of pyridine rings is 1. The van der Waals surface area contributed by atoms with E-state index in [2.05, 4.69) is 48.6 Å². The lowest BCUT2D eigenvalue weighted by Gasteiger charge is -2.02. The Morgan fingerprint density at radius 1 is 0.964 bits per heavy atom. The lowest BCUT2D eigenvalue weighted by atomic mass is 10.2. The number of nitrogens with zero attached hydrogens (tertiary/aromatic N) is 5. The minimum absolute atomic E-state index is 0.376. The quantitative estimate of drug-likeness (QED) is 0.478. The lowest BCUT2D eigenvalue weighted by Crippen LogP contribution is -2.02. The highest BCUT2D eigenvalue weighted by molar-refractivity contribution is 7.21. The SMILES string of the molecule is c1ccc(-c2cc3c(NCc4nc(-c5ccncc5)no4)ncnc3s2)cc1. The van der Waals surface area contributed by atoms with Crippen LogP contribution in [0.4, 0.5) is 5.82 Å². The fourth-order valence-corrected chi connectivity index (χ4v) is 3.85. The predicted octanol–water partition coefficient (Wildman–Crippen LogP) is 4.42. The first kappa shape index (κ1) is 16.5. The highest BCUT2D eigenvalue weighted by Gasteiger charge is 2.12. The van der Waals surface area contributed by atoms with Gasteiger partial charge in [0.05, 0.1) is 11.9 Å². The lowest BCUT2D eigenvalue weighted by molar-refractivity contribution is 0.384. The van der Waals surface area contributed by atoms with Crippen LogP contribution in [0, 0.1) is 0 Å². The molecular formula is C20H14N6OS. The molecule has 0 atom stereocenters. The summed E-state index contributed by atoms with van der Waals surface area (Å²) in [5.74, 6) is 1.76.